The average molecular weight is 600 g/mol. The maximum absolute atomic E-state index is 13.8. The predicted molar refractivity (Wildman–Crippen MR) is 151 cm³/mol. The van der Waals surface area contributed by atoms with Gasteiger partial charge in [-0.2, -0.15) is 0 Å². The van der Waals surface area contributed by atoms with Crippen molar-refractivity contribution in [2.24, 2.45) is 0 Å². The molecule has 10 nitrogen and oxygen atoms in total. The van der Waals surface area contributed by atoms with Gasteiger partial charge >= 0.3 is 0 Å². The lowest BCUT2D eigenvalue weighted by Gasteiger charge is -2.34. The molecule has 1 fully saturated rings. The summed E-state index contributed by atoms with van der Waals surface area (Å²) in [4.78, 5) is 39.2. The smallest absolute Gasteiger partial charge is 0.271 e. The van der Waals surface area contributed by atoms with Gasteiger partial charge in [0.05, 0.1) is 16.9 Å². The van der Waals surface area contributed by atoms with Crippen molar-refractivity contribution in [3.8, 4) is 0 Å². The first kappa shape index (κ1) is 30.6. The van der Waals surface area contributed by atoms with Gasteiger partial charge in [0.2, 0.25) is 21.8 Å². The molecular formula is C26H32Cl2N4O6S. The fourth-order valence-corrected chi connectivity index (χ4v) is 5.98. The second kappa shape index (κ2) is 13.5. The lowest BCUT2D eigenvalue weighted by molar-refractivity contribution is -0.384. The molecule has 2 aromatic rings. The lowest BCUT2D eigenvalue weighted by Crippen LogP contribution is -2.54. The van der Waals surface area contributed by atoms with Gasteiger partial charge in [-0.15, -0.1) is 0 Å². The van der Waals surface area contributed by atoms with Crippen molar-refractivity contribution < 1.29 is 22.9 Å². The normalized spacial score (nSPS) is 14.9. The number of amides is 2. The number of non-ortho nitro benzene ring substituents is 1. The molecule has 13 heteroatoms. The van der Waals surface area contributed by atoms with Crippen molar-refractivity contribution in [3.63, 3.8) is 0 Å². The summed E-state index contributed by atoms with van der Waals surface area (Å²) in [6.45, 7) is 1.03. The van der Waals surface area contributed by atoms with E-state index in [1.807, 2.05) is 0 Å². The number of sulfonamides is 1. The Hall–Kier alpha value is -2.89. The summed E-state index contributed by atoms with van der Waals surface area (Å²) in [5.41, 5.74) is 0.167. The van der Waals surface area contributed by atoms with Crippen molar-refractivity contribution >= 4 is 56.4 Å². The summed E-state index contributed by atoms with van der Waals surface area (Å²) in [5.74, 6) is -0.993. The van der Waals surface area contributed by atoms with Crippen LogP contribution in [0.3, 0.4) is 0 Å². The molecule has 3 rings (SSSR count). The number of carbonyl (C=O) groups excluding carboxylic acids is 2. The van der Waals surface area contributed by atoms with Crippen molar-refractivity contribution in [1.82, 2.24) is 10.2 Å². The highest BCUT2D eigenvalue weighted by molar-refractivity contribution is 7.92. The molecule has 39 heavy (non-hydrogen) atoms. The van der Waals surface area contributed by atoms with E-state index < -0.39 is 33.4 Å². The second-order valence-corrected chi connectivity index (χ2v) is 12.3. The number of nitro groups is 1. The number of hydrogen-bond donors (Lipinski definition) is 1. The number of nitrogens with one attached hydrogen (secondary N) is 1. The van der Waals surface area contributed by atoms with E-state index in [1.54, 1.807) is 19.1 Å². The minimum Gasteiger partial charge on any atom is -0.352 e. The standard InChI is InChI=1S/C26H32Cl2N4O6S/c1-3-24(26(34)29-20-8-5-4-6-9-20)30(16-18-12-13-19(27)14-23(18)28)25(33)17-31(39(2,37)38)21-10-7-11-22(15-21)32(35)36/h7,10-15,20,24H,3-6,8-9,16-17H2,1-2H3,(H,29,34)/t24-/m1/s1. The Morgan fingerprint density at radius 2 is 1.82 bits per heavy atom. The van der Waals surface area contributed by atoms with Gasteiger partial charge in [-0.05, 0) is 43.0 Å². The first-order valence-corrected chi connectivity index (χ1v) is 15.3. The van der Waals surface area contributed by atoms with Gasteiger partial charge in [0.25, 0.3) is 5.69 Å². The molecule has 2 aromatic carbocycles. The van der Waals surface area contributed by atoms with Crippen LogP contribution in [0.15, 0.2) is 42.5 Å². The first-order chi connectivity index (χ1) is 18.4. The third kappa shape index (κ3) is 8.30. The Labute approximate surface area is 238 Å². The molecule has 0 aromatic heterocycles. The zero-order chi connectivity index (χ0) is 28.7. The summed E-state index contributed by atoms with van der Waals surface area (Å²) in [7, 11) is -4.03. The van der Waals surface area contributed by atoms with Crippen LogP contribution in [0, 0.1) is 10.1 Å². The summed E-state index contributed by atoms with van der Waals surface area (Å²) in [5, 5.41) is 15.0. The van der Waals surface area contributed by atoms with Crippen molar-refractivity contribution in [2.45, 2.75) is 64.1 Å². The molecule has 2 amide bonds. The Morgan fingerprint density at radius 1 is 1.13 bits per heavy atom. The second-order valence-electron chi connectivity index (χ2n) is 9.57. The van der Waals surface area contributed by atoms with Gasteiger partial charge in [-0.1, -0.05) is 61.5 Å². The lowest BCUT2D eigenvalue weighted by atomic mass is 9.95. The van der Waals surface area contributed by atoms with Crippen LogP contribution in [-0.2, 0) is 26.2 Å². The van der Waals surface area contributed by atoms with Crippen LogP contribution in [0.1, 0.15) is 51.0 Å². The van der Waals surface area contributed by atoms with Gasteiger partial charge in [0.15, 0.2) is 0 Å². The van der Waals surface area contributed by atoms with Gasteiger partial charge in [-0.3, -0.25) is 24.0 Å². The molecule has 0 saturated heterocycles. The molecule has 0 heterocycles. The van der Waals surface area contributed by atoms with Crippen molar-refractivity contribution in [1.29, 1.82) is 0 Å². The average Bonchev–Trinajstić information content (AvgIpc) is 2.88. The minimum atomic E-state index is -4.03. The molecule has 1 aliphatic carbocycles. The number of rotatable bonds is 11. The highest BCUT2D eigenvalue weighted by Crippen LogP contribution is 2.27. The van der Waals surface area contributed by atoms with Gasteiger partial charge in [-0.25, -0.2) is 8.42 Å². The van der Waals surface area contributed by atoms with E-state index in [0.717, 1.165) is 48.7 Å². The van der Waals surface area contributed by atoms with E-state index in [1.165, 1.54) is 29.2 Å². The Balaban J connectivity index is 1.96. The summed E-state index contributed by atoms with van der Waals surface area (Å²) >= 11 is 12.4. The molecule has 1 N–H and O–H groups in total. The van der Waals surface area contributed by atoms with Crippen LogP contribution >= 0.6 is 23.2 Å². The van der Waals surface area contributed by atoms with Gasteiger partial charge < -0.3 is 10.2 Å². The molecule has 0 aliphatic heterocycles. The zero-order valence-electron chi connectivity index (χ0n) is 21.8. The van der Waals surface area contributed by atoms with E-state index in [2.05, 4.69) is 5.32 Å². The maximum Gasteiger partial charge on any atom is 0.271 e. The number of anilines is 1. The van der Waals surface area contributed by atoms with Gasteiger partial charge in [0.1, 0.15) is 12.6 Å². The number of hydrogen-bond acceptors (Lipinski definition) is 6. The van der Waals surface area contributed by atoms with Gasteiger partial charge in [0, 0.05) is 34.8 Å². The number of nitrogens with zero attached hydrogens (tertiary/aromatic N) is 3. The van der Waals surface area contributed by atoms with Crippen LogP contribution in [0.2, 0.25) is 10.0 Å². The third-order valence-electron chi connectivity index (χ3n) is 6.70. The molecule has 1 atom stereocenters. The highest BCUT2D eigenvalue weighted by Gasteiger charge is 2.33. The quantitative estimate of drug-likeness (QED) is 0.288. The van der Waals surface area contributed by atoms with Crippen molar-refractivity contribution in [3.05, 3.63) is 68.2 Å². The molecule has 0 spiro atoms. The SMILES string of the molecule is CC[C@H](C(=O)NC1CCCCC1)N(Cc1ccc(Cl)cc1Cl)C(=O)CN(c1cccc([N+](=O)[O-])c1)S(C)(=O)=O. The number of halogens is 2. The summed E-state index contributed by atoms with van der Waals surface area (Å²) < 4.78 is 26.3. The minimum absolute atomic E-state index is 0.00811. The molecule has 1 aliphatic rings. The number of carbonyl (C=O) groups is 2. The van der Waals surface area contributed by atoms with E-state index in [4.69, 9.17) is 23.2 Å². The van der Waals surface area contributed by atoms with E-state index >= 15 is 0 Å². The molecular weight excluding hydrogens is 567 g/mol. The molecule has 0 bridgehead atoms. The summed E-state index contributed by atoms with van der Waals surface area (Å²) in [6, 6.07) is 8.90. The van der Waals surface area contributed by atoms with Crippen LogP contribution in [0.4, 0.5) is 11.4 Å². The predicted octanol–water partition coefficient (Wildman–Crippen LogP) is 4.92. The number of nitro benzene ring substituents is 1. The first-order valence-electron chi connectivity index (χ1n) is 12.7. The van der Waals surface area contributed by atoms with Crippen LogP contribution in [0.5, 0.6) is 0 Å². The monoisotopic (exact) mass is 598 g/mol. The fourth-order valence-electron chi connectivity index (χ4n) is 4.67. The van der Waals surface area contributed by atoms with E-state index in [0.29, 0.717) is 15.6 Å². The molecule has 1 saturated carbocycles. The highest BCUT2D eigenvalue weighted by atomic mass is 35.5. The fraction of sp³-hybridized carbons (Fsp3) is 0.462. The van der Waals surface area contributed by atoms with Crippen molar-refractivity contribution in [2.75, 3.05) is 17.1 Å². The van der Waals surface area contributed by atoms with Crippen LogP contribution in [0.25, 0.3) is 0 Å². The van der Waals surface area contributed by atoms with E-state index in [-0.39, 0.29) is 36.3 Å². The Kier molecular flexibility index (Phi) is 10.6. The summed E-state index contributed by atoms with van der Waals surface area (Å²) in [6.07, 6.45) is 6.02. The van der Waals surface area contributed by atoms with Crippen LogP contribution < -0.4 is 9.62 Å². The topological polar surface area (TPSA) is 130 Å². The third-order valence-corrected chi connectivity index (χ3v) is 8.43. The molecule has 0 unspecified atom stereocenters. The number of benzene rings is 2. The Morgan fingerprint density at radius 3 is 2.41 bits per heavy atom. The largest absolute Gasteiger partial charge is 0.352 e. The zero-order valence-corrected chi connectivity index (χ0v) is 24.1. The molecule has 212 valence electrons. The molecule has 0 radical (unpaired) electrons. The maximum atomic E-state index is 13.8. The van der Waals surface area contributed by atoms with E-state index in [9.17, 15) is 28.1 Å². The Bertz CT molecular complexity index is 1320. The van der Waals surface area contributed by atoms with Crippen LogP contribution in [-0.4, -0.2) is 54.9 Å².